The summed E-state index contributed by atoms with van der Waals surface area (Å²) in [5.74, 6) is 1.99. The van der Waals surface area contributed by atoms with Crippen LogP contribution in [-0.4, -0.2) is 15.0 Å². The Morgan fingerprint density at radius 1 is 0.286 bits per heavy atom. The summed E-state index contributed by atoms with van der Waals surface area (Å²) in [4.78, 5) is 15.2. The first kappa shape index (κ1) is 24.2. The number of rotatable bonds is 4. The molecule has 8 rings (SSSR count). The molecule has 3 nitrogen and oxygen atoms in total. The molecule has 196 valence electrons. The fourth-order valence-corrected chi connectivity index (χ4v) is 5.78. The third-order valence-corrected chi connectivity index (χ3v) is 7.90. The summed E-state index contributed by atoms with van der Waals surface area (Å²) in [6, 6.07) is 52.9. The molecule has 8 aromatic rings. The van der Waals surface area contributed by atoms with E-state index in [9.17, 15) is 0 Å². The lowest BCUT2D eigenvalue weighted by Crippen LogP contribution is -2.01. The number of nitrogens with zero attached hydrogens (tertiary/aromatic N) is 3. The van der Waals surface area contributed by atoms with Crippen LogP contribution in [0.25, 0.3) is 77.6 Å². The van der Waals surface area contributed by atoms with Crippen molar-refractivity contribution in [3.8, 4) is 45.3 Å². The van der Waals surface area contributed by atoms with E-state index in [0.29, 0.717) is 17.5 Å². The second kappa shape index (κ2) is 10.1. The Labute approximate surface area is 243 Å². The second-order valence-corrected chi connectivity index (χ2v) is 10.5. The Kier molecular flexibility index (Phi) is 5.79. The summed E-state index contributed by atoms with van der Waals surface area (Å²) < 4.78 is 0. The quantitative estimate of drug-likeness (QED) is 0.225. The topological polar surface area (TPSA) is 38.7 Å². The molecule has 1 heterocycles. The lowest BCUT2D eigenvalue weighted by Gasteiger charge is -2.12. The van der Waals surface area contributed by atoms with Crippen molar-refractivity contribution < 1.29 is 0 Å². The van der Waals surface area contributed by atoms with Gasteiger partial charge in [-0.05, 0) is 55.6 Å². The molecule has 0 aliphatic carbocycles. The van der Waals surface area contributed by atoms with Gasteiger partial charge in [0.1, 0.15) is 0 Å². The third-order valence-electron chi connectivity index (χ3n) is 7.90. The predicted molar refractivity (Wildman–Crippen MR) is 174 cm³/mol. The van der Waals surface area contributed by atoms with Gasteiger partial charge in [-0.2, -0.15) is 0 Å². The molecule has 1 aromatic heterocycles. The highest BCUT2D eigenvalue weighted by molar-refractivity contribution is 5.98. The molecule has 0 aliphatic heterocycles. The Morgan fingerprint density at radius 2 is 0.762 bits per heavy atom. The predicted octanol–water partition coefficient (Wildman–Crippen LogP) is 10.00. The summed E-state index contributed by atoms with van der Waals surface area (Å²) in [5, 5.41) is 6.87. The van der Waals surface area contributed by atoms with Gasteiger partial charge in [0.25, 0.3) is 0 Å². The number of hydrogen-bond donors (Lipinski definition) is 0. The first-order valence-corrected chi connectivity index (χ1v) is 14.1. The normalized spacial score (nSPS) is 11.3. The van der Waals surface area contributed by atoms with E-state index in [1.165, 1.54) is 16.5 Å². The van der Waals surface area contributed by atoms with Gasteiger partial charge < -0.3 is 0 Å². The van der Waals surface area contributed by atoms with E-state index in [2.05, 4.69) is 146 Å². The summed E-state index contributed by atoms with van der Waals surface area (Å²) >= 11 is 0. The first-order valence-electron chi connectivity index (χ1n) is 14.1. The van der Waals surface area contributed by atoms with Crippen LogP contribution in [0.5, 0.6) is 0 Å². The van der Waals surface area contributed by atoms with Crippen molar-refractivity contribution in [2.75, 3.05) is 0 Å². The highest BCUT2D eigenvalue weighted by Gasteiger charge is 2.16. The molecule has 0 aliphatic rings. The van der Waals surface area contributed by atoms with Gasteiger partial charge in [-0.25, -0.2) is 15.0 Å². The SMILES string of the molecule is c1ccc(-c2ccc3cc(-c4nc(-c5cccc6ccccc56)nc(-c5cccc6ccccc56)n4)ccc3c2)cc1. The second-order valence-electron chi connectivity index (χ2n) is 10.5. The molecule has 42 heavy (non-hydrogen) atoms. The van der Waals surface area contributed by atoms with Crippen molar-refractivity contribution in [3.63, 3.8) is 0 Å². The van der Waals surface area contributed by atoms with Crippen molar-refractivity contribution in [2.45, 2.75) is 0 Å². The van der Waals surface area contributed by atoms with Crippen LogP contribution in [-0.2, 0) is 0 Å². The number of aromatic nitrogens is 3. The molecule has 0 N–H and O–H groups in total. The zero-order chi connectivity index (χ0) is 27.9. The van der Waals surface area contributed by atoms with Gasteiger partial charge in [0.15, 0.2) is 17.5 Å². The van der Waals surface area contributed by atoms with Gasteiger partial charge in [0.2, 0.25) is 0 Å². The lowest BCUT2D eigenvalue weighted by atomic mass is 9.99. The van der Waals surface area contributed by atoms with E-state index < -0.39 is 0 Å². The lowest BCUT2D eigenvalue weighted by molar-refractivity contribution is 1.08. The standard InChI is InChI=1S/C39H25N3/c1-2-10-26(11-3-1)29-20-21-31-25-32(23-22-30(31)24-29)37-40-38(35-18-8-14-27-12-4-6-16-33(27)35)42-39(41-37)36-19-9-15-28-13-5-7-17-34(28)36/h1-25H. The highest BCUT2D eigenvalue weighted by atomic mass is 15.0. The fourth-order valence-electron chi connectivity index (χ4n) is 5.78. The maximum absolute atomic E-state index is 5.08. The molecule has 0 fully saturated rings. The molecule has 0 saturated carbocycles. The first-order chi connectivity index (χ1) is 20.8. The summed E-state index contributed by atoms with van der Waals surface area (Å²) in [7, 11) is 0. The van der Waals surface area contributed by atoms with Crippen LogP contribution in [0.1, 0.15) is 0 Å². The van der Waals surface area contributed by atoms with Gasteiger partial charge in [0.05, 0.1) is 0 Å². The molecule has 0 amide bonds. The van der Waals surface area contributed by atoms with Crippen LogP contribution >= 0.6 is 0 Å². The van der Waals surface area contributed by atoms with E-state index in [4.69, 9.17) is 15.0 Å². The fraction of sp³-hybridized carbons (Fsp3) is 0. The van der Waals surface area contributed by atoms with E-state index in [-0.39, 0.29) is 0 Å². The minimum atomic E-state index is 0.657. The minimum absolute atomic E-state index is 0.657. The maximum atomic E-state index is 5.08. The zero-order valence-electron chi connectivity index (χ0n) is 22.8. The van der Waals surface area contributed by atoms with Gasteiger partial charge in [0, 0.05) is 16.7 Å². The molecule has 0 unspecified atom stereocenters. The highest BCUT2D eigenvalue weighted by Crippen LogP contribution is 2.33. The molecule has 0 radical (unpaired) electrons. The number of benzene rings is 7. The molecule has 0 saturated heterocycles. The number of fused-ring (bicyclic) bond motifs is 3. The van der Waals surface area contributed by atoms with Crippen molar-refractivity contribution in [1.82, 2.24) is 15.0 Å². The largest absolute Gasteiger partial charge is 0.208 e. The van der Waals surface area contributed by atoms with E-state index in [0.717, 1.165) is 43.6 Å². The summed E-state index contributed by atoms with van der Waals surface area (Å²) in [6.07, 6.45) is 0. The Bertz CT molecular complexity index is 2150. The van der Waals surface area contributed by atoms with Gasteiger partial charge in [-0.1, -0.05) is 140 Å². The Balaban J connectivity index is 1.33. The zero-order valence-corrected chi connectivity index (χ0v) is 22.8. The van der Waals surface area contributed by atoms with Crippen LogP contribution in [0, 0.1) is 0 Å². The minimum Gasteiger partial charge on any atom is -0.208 e. The van der Waals surface area contributed by atoms with E-state index in [1.807, 2.05) is 6.07 Å². The maximum Gasteiger partial charge on any atom is 0.164 e. The van der Waals surface area contributed by atoms with Crippen LogP contribution < -0.4 is 0 Å². The Hall–Kier alpha value is -5.67. The molecule has 0 bridgehead atoms. The summed E-state index contributed by atoms with van der Waals surface area (Å²) in [5.41, 5.74) is 5.35. The van der Waals surface area contributed by atoms with Crippen molar-refractivity contribution >= 4 is 32.3 Å². The molecular weight excluding hydrogens is 510 g/mol. The van der Waals surface area contributed by atoms with Crippen molar-refractivity contribution in [3.05, 3.63) is 152 Å². The molecule has 7 aromatic carbocycles. The van der Waals surface area contributed by atoms with Gasteiger partial charge >= 0.3 is 0 Å². The Morgan fingerprint density at radius 3 is 1.38 bits per heavy atom. The number of hydrogen-bond acceptors (Lipinski definition) is 3. The smallest absolute Gasteiger partial charge is 0.164 e. The molecule has 0 spiro atoms. The average molecular weight is 536 g/mol. The third kappa shape index (κ3) is 4.29. The molecule has 0 atom stereocenters. The van der Waals surface area contributed by atoms with Crippen LogP contribution in [0.15, 0.2) is 152 Å². The molecular formula is C39H25N3. The molecule has 3 heteroatoms. The van der Waals surface area contributed by atoms with Crippen molar-refractivity contribution in [1.29, 1.82) is 0 Å². The van der Waals surface area contributed by atoms with Gasteiger partial charge in [-0.3, -0.25) is 0 Å². The summed E-state index contributed by atoms with van der Waals surface area (Å²) in [6.45, 7) is 0. The van der Waals surface area contributed by atoms with Crippen LogP contribution in [0.2, 0.25) is 0 Å². The van der Waals surface area contributed by atoms with E-state index >= 15 is 0 Å². The van der Waals surface area contributed by atoms with Crippen LogP contribution in [0.3, 0.4) is 0 Å². The van der Waals surface area contributed by atoms with Crippen LogP contribution in [0.4, 0.5) is 0 Å². The van der Waals surface area contributed by atoms with Gasteiger partial charge in [-0.15, -0.1) is 0 Å². The van der Waals surface area contributed by atoms with E-state index in [1.54, 1.807) is 0 Å². The monoisotopic (exact) mass is 535 g/mol. The van der Waals surface area contributed by atoms with Crippen molar-refractivity contribution in [2.24, 2.45) is 0 Å². The average Bonchev–Trinajstić information content (AvgIpc) is 3.07.